The van der Waals surface area contributed by atoms with E-state index in [1.165, 1.54) is 12.1 Å². The highest BCUT2D eigenvalue weighted by molar-refractivity contribution is 6.32. The maximum atomic E-state index is 14.0. The number of hydrogen-bond donors (Lipinski definition) is 2. The Balaban J connectivity index is 0.000000110. The Morgan fingerprint density at radius 3 is 1.23 bits per heavy atom. The summed E-state index contributed by atoms with van der Waals surface area (Å²) in [6, 6.07) is 36.3. The fourth-order valence-corrected chi connectivity index (χ4v) is 10.5. The van der Waals surface area contributed by atoms with E-state index in [1.54, 1.807) is 88.1 Å². The molecule has 2 N–H and O–H groups in total. The number of methoxy groups -OCH3 is 2. The van der Waals surface area contributed by atoms with Gasteiger partial charge in [0.1, 0.15) is 11.5 Å². The van der Waals surface area contributed by atoms with Crippen molar-refractivity contribution in [2.45, 2.75) is 13.8 Å². The van der Waals surface area contributed by atoms with Gasteiger partial charge in [0.15, 0.2) is 23.1 Å². The summed E-state index contributed by atoms with van der Waals surface area (Å²) in [6.07, 6.45) is 17.1. The molecule has 0 bridgehead atoms. The lowest BCUT2D eigenvalue weighted by atomic mass is 10.1. The highest BCUT2D eigenvalue weighted by Crippen LogP contribution is 2.33. The zero-order valence-electron chi connectivity index (χ0n) is 48.1. The summed E-state index contributed by atoms with van der Waals surface area (Å²) >= 11 is 12.4. The highest BCUT2D eigenvalue weighted by atomic mass is 35.5. The number of halogens is 4. The van der Waals surface area contributed by atoms with Crippen molar-refractivity contribution in [1.29, 1.82) is 0 Å². The van der Waals surface area contributed by atoms with Gasteiger partial charge >= 0.3 is 0 Å². The van der Waals surface area contributed by atoms with Crippen molar-refractivity contribution < 1.29 is 27.7 Å². The summed E-state index contributed by atoms with van der Waals surface area (Å²) in [4.78, 5) is 35.3. The smallest absolute Gasteiger partial charge is 0.165 e. The van der Waals surface area contributed by atoms with Crippen LogP contribution in [-0.4, -0.2) is 107 Å². The molecule has 90 heavy (non-hydrogen) atoms. The van der Waals surface area contributed by atoms with Gasteiger partial charge in [-0.05, 0) is 135 Å². The summed E-state index contributed by atoms with van der Waals surface area (Å²) in [5, 5.41) is 27.7. The second-order valence-electron chi connectivity index (χ2n) is 19.9. The van der Waals surface area contributed by atoms with Crippen LogP contribution in [0.4, 0.5) is 8.78 Å². The van der Waals surface area contributed by atoms with Gasteiger partial charge in [0.05, 0.1) is 164 Å². The zero-order valence-corrected chi connectivity index (χ0v) is 49.7. The summed E-state index contributed by atoms with van der Waals surface area (Å²) in [7, 11) is 3.18. The monoisotopic (exact) mass is 1240 g/mol. The number of nitrogens with zero attached hydrogens (tertiary/aromatic N) is 14. The van der Waals surface area contributed by atoms with E-state index in [0.29, 0.717) is 57.3 Å². The first-order valence-corrected chi connectivity index (χ1v) is 28.7. The molecule has 0 saturated heterocycles. The van der Waals surface area contributed by atoms with E-state index in [2.05, 4.69) is 70.5 Å². The second kappa shape index (κ2) is 25.2. The molecule has 0 atom stereocenters. The van der Waals surface area contributed by atoms with Crippen LogP contribution in [0.1, 0.15) is 13.8 Å². The van der Waals surface area contributed by atoms with Crippen molar-refractivity contribution in [1.82, 2.24) is 79.8 Å². The molecule has 8 aromatic carbocycles. The Kier molecular flexibility index (Phi) is 16.1. The fourth-order valence-electron chi connectivity index (χ4n) is 10.00. The Morgan fingerprint density at radius 2 is 0.800 bits per heavy atom. The number of ether oxygens (including phenoxy) is 4. The largest absolute Gasteiger partial charge is 0.495 e. The van der Waals surface area contributed by atoms with E-state index in [-0.39, 0.29) is 11.5 Å². The number of aromatic amines is 2. The number of hydrogen-bond acceptors (Lipinski definition) is 16. The van der Waals surface area contributed by atoms with Gasteiger partial charge in [-0.1, -0.05) is 23.2 Å². The molecule has 0 radical (unpaired) electrons. The lowest BCUT2D eigenvalue weighted by Crippen LogP contribution is -1.97. The van der Waals surface area contributed by atoms with Crippen LogP contribution in [0, 0.1) is 11.6 Å². The third kappa shape index (κ3) is 11.8. The van der Waals surface area contributed by atoms with Crippen LogP contribution >= 0.6 is 23.2 Å². The average Bonchev–Trinajstić information content (AvgIpc) is 2.79. The van der Waals surface area contributed by atoms with E-state index in [0.717, 1.165) is 99.1 Å². The molecular formula is C66H48Cl2F2N16O4. The van der Waals surface area contributed by atoms with E-state index in [1.807, 2.05) is 121 Å². The van der Waals surface area contributed by atoms with Crippen LogP contribution in [0.3, 0.4) is 0 Å². The minimum absolute atomic E-state index is 0.240. The van der Waals surface area contributed by atoms with Gasteiger partial charge in [0.2, 0.25) is 0 Å². The topological polar surface area (TPSA) is 233 Å². The Hall–Kier alpha value is -11.4. The fraction of sp³-hybridized carbons (Fsp3) is 0.0909. The lowest BCUT2D eigenvalue weighted by Gasteiger charge is -2.07. The number of benzene rings is 8. The molecule has 0 aliphatic carbocycles. The molecule has 8 heterocycles. The molecule has 0 aliphatic rings. The predicted molar refractivity (Wildman–Crippen MR) is 343 cm³/mol. The minimum atomic E-state index is -0.407. The molecule has 0 fully saturated rings. The van der Waals surface area contributed by atoms with Gasteiger partial charge in [-0.2, -0.15) is 20.4 Å². The highest BCUT2D eigenvalue weighted by Gasteiger charge is 2.15. The normalized spacial score (nSPS) is 11.2. The number of rotatable bonds is 10. The number of H-pyrrole nitrogens is 2. The van der Waals surface area contributed by atoms with Crippen molar-refractivity contribution in [3.05, 3.63) is 205 Å². The lowest BCUT2D eigenvalue weighted by molar-refractivity contribution is 0.321. The van der Waals surface area contributed by atoms with E-state index in [4.69, 9.17) is 42.1 Å². The molecule has 0 spiro atoms. The van der Waals surface area contributed by atoms with Crippen molar-refractivity contribution in [2.75, 3.05) is 27.4 Å². The van der Waals surface area contributed by atoms with Crippen molar-refractivity contribution in [2.24, 2.45) is 0 Å². The predicted octanol–water partition coefficient (Wildman–Crippen LogP) is 14.7. The number of nitrogens with one attached hydrogen (secondary N) is 2. The third-order valence-corrected chi connectivity index (χ3v) is 14.9. The van der Waals surface area contributed by atoms with Crippen LogP contribution in [-0.2, 0) is 0 Å². The molecule has 0 aliphatic heterocycles. The molecule has 16 rings (SSSR count). The SMILES string of the molecule is CCOc1ccc(-c2cnc3cc4[nH]ncc4cc3n2)cc1F.CCOc1ccc(-c2cnc3cc4cn[nH]c4cc3n2)cc1F.COc1ccc(-n2ncc3cc4nccnc4cc32)cc1Cl.COc1ccc(-n2ncc3cc4nccnc4cc32)cc1Cl. The maximum absolute atomic E-state index is 14.0. The average molecular weight is 1240 g/mol. The molecule has 0 unspecified atom stereocenters. The standard InChI is InChI=1S/2C17H13FN4O.2C16H11ClN4O/c1-2-23-17-4-3-10(5-12(17)18)16-9-19-14-7-13-11(8-20-22-13)6-15(14)21-16;1-2-23-17-4-3-10(5-12(17)18)16-9-19-14-6-11-8-20-22-13(11)7-15(14)21-16;2*1-22-16-3-2-11(7-12(16)17)21-15-8-14-13(18-4-5-19-14)6-10(15)9-20-21/h2*3-9H,2H2,1H3,(H,20,22);2*2-9H,1H3. The minimum Gasteiger partial charge on any atom is -0.495 e. The second-order valence-corrected chi connectivity index (χ2v) is 20.7. The molecule has 0 amide bonds. The molecule has 24 heteroatoms. The van der Waals surface area contributed by atoms with Gasteiger partial charge in [0.25, 0.3) is 0 Å². The summed E-state index contributed by atoms with van der Waals surface area (Å²) < 4.78 is 52.5. The Bertz CT molecular complexity index is 5010. The summed E-state index contributed by atoms with van der Waals surface area (Å²) in [5.74, 6) is 0.942. The van der Waals surface area contributed by atoms with Crippen LogP contribution in [0.15, 0.2) is 183 Å². The van der Waals surface area contributed by atoms with Crippen molar-refractivity contribution in [3.63, 3.8) is 0 Å². The molecule has 16 aromatic rings. The van der Waals surface area contributed by atoms with E-state index >= 15 is 0 Å². The van der Waals surface area contributed by atoms with E-state index in [9.17, 15) is 8.78 Å². The third-order valence-electron chi connectivity index (χ3n) is 14.3. The Morgan fingerprint density at radius 1 is 0.411 bits per heavy atom. The van der Waals surface area contributed by atoms with Gasteiger partial charge in [-0.3, -0.25) is 40.1 Å². The van der Waals surface area contributed by atoms with Crippen molar-refractivity contribution in [3.8, 4) is 56.9 Å². The first-order valence-electron chi connectivity index (χ1n) is 27.9. The quantitative estimate of drug-likeness (QED) is 0.130. The number of fused-ring (bicyclic) bond motifs is 8. The van der Waals surface area contributed by atoms with Crippen LogP contribution in [0.5, 0.6) is 23.0 Å². The first kappa shape index (κ1) is 57.7. The summed E-state index contributed by atoms with van der Waals surface area (Å²) in [5.41, 5.74) is 14.3. The summed E-state index contributed by atoms with van der Waals surface area (Å²) in [6.45, 7) is 4.48. The molecule has 20 nitrogen and oxygen atoms in total. The molecule has 0 saturated carbocycles. The maximum Gasteiger partial charge on any atom is 0.165 e. The van der Waals surface area contributed by atoms with Gasteiger partial charge in [0, 0.05) is 57.5 Å². The number of aromatic nitrogens is 16. The van der Waals surface area contributed by atoms with Crippen LogP contribution < -0.4 is 18.9 Å². The molecule has 8 aromatic heterocycles. The molecular weight excluding hydrogens is 1190 g/mol. The van der Waals surface area contributed by atoms with Gasteiger partial charge < -0.3 is 18.9 Å². The Labute approximate surface area is 519 Å². The van der Waals surface area contributed by atoms with Gasteiger partial charge in [-0.15, -0.1) is 0 Å². The van der Waals surface area contributed by atoms with Gasteiger partial charge in [-0.25, -0.2) is 28.1 Å². The molecule has 444 valence electrons. The first-order chi connectivity index (χ1) is 44.0. The van der Waals surface area contributed by atoms with Crippen LogP contribution in [0.2, 0.25) is 10.0 Å². The zero-order chi connectivity index (χ0) is 61.8. The van der Waals surface area contributed by atoms with Crippen molar-refractivity contribution >= 4 is 111 Å². The van der Waals surface area contributed by atoms with Crippen LogP contribution in [0.25, 0.3) is 122 Å². The van der Waals surface area contributed by atoms with E-state index < -0.39 is 11.6 Å².